The average Bonchev–Trinajstić information content (AvgIpc) is 1.97. The van der Waals surface area contributed by atoms with Crippen molar-refractivity contribution in [2.75, 3.05) is 26.9 Å². The number of hydrogen-bond donors (Lipinski definition) is 2. The summed E-state index contributed by atoms with van der Waals surface area (Å²) in [7, 11) is 0.0188. The fraction of sp³-hybridized carbons (Fsp3) is 1.00. The summed E-state index contributed by atoms with van der Waals surface area (Å²) in [6.07, 6.45) is 0. The van der Waals surface area contributed by atoms with Crippen LogP contribution in [0.15, 0.2) is 0 Å². The van der Waals surface area contributed by atoms with E-state index in [1.807, 2.05) is 6.92 Å². The zero-order valence-electron chi connectivity index (χ0n) is 7.39. The predicted molar refractivity (Wildman–Crippen MR) is 52.2 cm³/mol. The van der Waals surface area contributed by atoms with Gasteiger partial charge in [-0.05, 0) is 6.92 Å². The van der Waals surface area contributed by atoms with Gasteiger partial charge < -0.3 is 9.47 Å². The lowest BCUT2D eigenvalue weighted by Crippen LogP contribution is -2.24. The number of nitrogens with one attached hydrogen (secondary N) is 2. The minimum Gasteiger partial charge on any atom is -0.382 e. The highest BCUT2D eigenvalue weighted by Crippen LogP contribution is 2.21. The maximum atomic E-state index is 7.10. The summed E-state index contributed by atoms with van der Waals surface area (Å²) in [5, 5.41) is 9.99. The highest BCUT2D eigenvalue weighted by Gasteiger charge is 2.00. The number of methoxy groups -OCH3 is 1. The van der Waals surface area contributed by atoms with Gasteiger partial charge in [0, 0.05) is 13.2 Å². The molecule has 0 radical (unpaired) electrons. The molecular formula is C6H16ClN2O2P. The van der Waals surface area contributed by atoms with E-state index < -0.39 is 7.22 Å². The fourth-order valence-electron chi connectivity index (χ4n) is 0.660. The van der Waals surface area contributed by atoms with Gasteiger partial charge in [-0.15, -0.1) is 0 Å². The van der Waals surface area contributed by atoms with Gasteiger partial charge in [-0.2, -0.15) is 0 Å². The van der Waals surface area contributed by atoms with Crippen molar-refractivity contribution in [1.82, 2.24) is 5.09 Å². The number of rotatable bonds is 7. The van der Waals surface area contributed by atoms with Gasteiger partial charge in [0.05, 0.1) is 27.0 Å². The van der Waals surface area contributed by atoms with Gasteiger partial charge in [0.1, 0.15) is 0 Å². The van der Waals surface area contributed by atoms with Crippen LogP contribution in [-0.4, -0.2) is 33.0 Å². The Labute approximate surface area is 78.7 Å². The van der Waals surface area contributed by atoms with E-state index in [1.165, 1.54) is 0 Å². The first kappa shape index (κ1) is 12.4. The first-order valence-electron chi connectivity index (χ1n) is 3.74. The third kappa shape index (κ3) is 8.50. The molecule has 2 atom stereocenters. The van der Waals surface area contributed by atoms with Crippen LogP contribution in [0.3, 0.4) is 0 Å². The third-order valence-corrected chi connectivity index (χ3v) is 2.25. The molecule has 0 aliphatic rings. The van der Waals surface area contributed by atoms with E-state index in [0.29, 0.717) is 19.8 Å². The second kappa shape index (κ2) is 8.02. The van der Waals surface area contributed by atoms with Crippen molar-refractivity contribution in [2.45, 2.75) is 13.0 Å². The van der Waals surface area contributed by atoms with Crippen LogP contribution in [0.1, 0.15) is 6.92 Å². The molecule has 0 amide bonds. The highest BCUT2D eigenvalue weighted by atomic mass is 35.7. The first-order chi connectivity index (χ1) is 5.66. The smallest absolute Gasteiger partial charge is 0.0995 e. The van der Waals surface area contributed by atoms with E-state index in [2.05, 4.69) is 5.09 Å². The molecule has 0 aromatic carbocycles. The van der Waals surface area contributed by atoms with Gasteiger partial charge >= 0.3 is 0 Å². The van der Waals surface area contributed by atoms with Crippen LogP contribution in [0.5, 0.6) is 0 Å². The Hall–Kier alpha value is 0.400. The molecule has 0 heterocycles. The average molecular weight is 215 g/mol. The van der Waals surface area contributed by atoms with E-state index in [-0.39, 0.29) is 6.04 Å². The minimum atomic E-state index is -1.61. The minimum absolute atomic E-state index is 0.144. The van der Waals surface area contributed by atoms with Crippen molar-refractivity contribution in [1.29, 1.82) is 5.16 Å². The third-order valence-electron chi connectivity index (χ3n) is 1.17. The molecule has 6 heteroatoms. The van der Waals surface area contributed by atoms with Crippen molar-refractivity contribution in [3.05, 3.63) is 0 Å². The summed E-state index contributed by atoms with van der Waals surface area (Å²) in [5.41, 5.74) is 0. The first-order valence-corrected chi connectivity index (χ1v) is 6.25. The van der Waals surface area contributed by atoms with E-state index in [4.69, 9.17) is 25.9 Å². The normalized spacial score (nSPS) is 15.9. The summed E-state index contributed by atoms with van der Waals surface area (Å²) < 4.78 is 10.0. The standard InChI is InChI=1S/C6H16ClN2O2P/c1-6(9-12(7)8)5-11-4-3-10-2/h6,12H,3-5H2,1-2H3,(H2,8,9). The van der Waals surface area contributed by atoms with Crippen molar-refractivity contribution in [2.24, 2.45) is 0 Å². The molecule has 0 saturated heterocycles. The van der Waals surface area contributed by atoms with Crippen molar-refractivity contribution >= 4 is 18.5 Å². The highest BCUT2D eigenvalue weighted by molar-refractivity contribution is 7.73. The summed E-state index contributed by atoms with van der Waals surface area (Å²) in [4.78, 5) is 0. The van der Waals surface area contributed by atoms with E-state index in [1.54, 1.807) is 7.11 Å². The molecule has 0 spiro atoms. The monoisotopic (exact) mass is 214 g/mol. The van der Waals surface area contributed by atoms with Crippen LogP contribution >= 0.6 is 18.5 Å². The SMILES string of the molecule is COCCOCC(C)N[PH](=N)Cl. The molecule has 2 unspecified atom stereocenters. The second-order valence-electron chi connectivity index (χ2n) is 2.43. The van der Waals surface area contributed by atoms with E-state index in [0.717, 1.165) is 0 Å². The van der Waals surface area contributed by atoms with Crippen molar-refractivity contribution < 1.29 is 9.47 Å². The van der Waals surface area contributed by atoms with Crippen LogP contribution in [0.4, 0.5) is 0 Å². The molecule has 0 aromatic heterocycles. The van der Waals surface area contributed by atoms with Crippen LogP contribution in [-0.2, 0) is 9.47 Å². The molecule has 74 valence electrons. The van der Waals surface area contributed by atoms with Crippen molar-refractivity contribution in [3.8, 4) is 0 Å². The lowest BCUT2D eigenvalue weighted by atomic mass is 10.4. The Morgan fingerprint density at radius 1 is 1.58 bits per heavy atom. The van der Waals surface area contributed by atoms with Crippen LogP contribution in [0.25, 0.3) is 0 Å². The Kier molecular flexibility index (Phi) is 8.29. The van der Waals surface area contributed by atoms with Gasteiger partial charge in [-0.25, -0.2) is 0 Å². The maximum Gasteiger partial charge on any atom is 0.0995 e. The quantitative estimate of drug-likeness (QED) is 0.501. The van der Waals surface area contributed by atoms with Gasteiger partial charge in [0.15, 0.2) is 0 Å². The Balaban J connectivity index is 3.19. The van der Waals surface area contributed by atoms with Crippen LogP contribution < -0.4 is 5.09 Å². The molecule has 0 bridgehead atoms. The second-order valence-corrected chi connectivity index (χ2v) is 4.48. The Bertz CT molecular complexity index is 137. The maximum absolute atomic E-state index is 7.10. The van der Waals surface area contributed by atoms with Gasteiger partial charge in [0.2, 0.25) is 0 Å². The van der Waals surface area contributed by atoms with Gasteiger partial charge in [-0.1, -0.05) is 11.2 Å². The molecule has 12 heavy (non-hydrogen) atoms. The Morgan fingerprint density at radius 2 is 2.25 bits per heavy atom. The zero-order valence-corrected chi connectivity index (χ0v) is 9.15. The zero-order chi connectivity index (χ0) is 9.40. The van der Waals surface area contributed by atoms with Gasteiger partial charge in [0.25, 0.3) is 0 Å². The van der Waals surface area contributed by atoms with Crippen LogP contribution in [0.2, 0.25) is 0 Å². The summed E-state index contributed by atoms with van der Waals surface area (Å²) in [6.45, 7) is 3.70. The van der Waals surface area contributed by atoms with E-state index in [9.17, 15) is 0 Å². The van der Waals surface area contributed by atoms with E-state index >= 15 is 0 Å². The largest absolute Gasteiger partial charge is 0.382 e. The molecular weight excluding hydrogens is 199 g/mol. The molecule has 0 aliphatic heterocycles. The van der Waals surface area contributed by atoms with Crippen molar-refractivity contribution in [3.63, 3.8) is 0 Å². The number of ether oxygens (including phenoxy) is 2. The molecule has 0 saturated carbocycles. The predicted octanol–water partition coefficient (Wildman–Crippen LogP) is 1.67. The van der Waals surface area contributed by atoms with Gasteiger partial charge in [-0.3, -0.25) is 10.2 Å². The summed E-state index contributed by atoms with van der Waals surface area (Å²) >= 11 is 5.49. The lowest BCUT2D eigenvalue weighted by Gasteiger charge is -2.12. The number of halogens is 1. The summed E-state index contributed by atoms with van der Waals surface area (Å²) in [5.74, 6) is 0. The summed E-state index contributed by atoms with van der Waals surface area (Å²) in [6, 6.07) is 0.144. The van der Waals surface area contributed by atoms with Crippen LogP contribution in [0, 0.1) is 5.16 Å². The fourth-order valence-corrected chi connectivity index (χ4v) is 1.74. The molecule has 4 nitrogen and oxygen atoms in total. The molecule has 2 N–H and O–H groups in total. The topological polar surface area (TPSA) is 54.3 Å². The molecule has 0 aromatic rings. The Morgan fingerprint density at radius 3 is 2.75 bits per heavy atom. The molecule has 0 aliphatic carbocycles. The lowest BCUT2D eigenvalue weighted by molar-refractivity contribution is 0.0640. The number of hydrogen-bond acceptors (Lipinski definition) is 3. The molecule has 0 fully saturated rings. The molecule has 0 rings (SSSR count).